The highest BCUT2D eigenvalue weighted by molar-refractivity contribution is 7.22. The smallest absolute Gasteiger partial charge is 0.253 e. The van der Waals surface area contributed by atoms with Gasteiger partial charge in [-0.2, -0.15) is 0 Å². The van der Waals surface area contributed by atoms with Crippen LogP contribution in [0.15, 0.2) is 54.6 Å². The molecule has 0 radical (unpaired) electrons. The third-order valence-corrected chi connectivity index (χ3v) is 6.34. The lowest BCUT2D eigenvalue weighted by Crippen LogP contribution is -2.29. The molecule has 1 aromatic heterocycles. The Labute approximate surface area is 156 Å². The van der Waals surface area contributed by atoms with Crippen LogP contribution in [0, 0.1) is 11.8 Å². The Balaban J connectivity index is 1.53. The minimum atomic E-state index is -0.0400. The van der Waals surface area contributed by atoms with Crippen LogP contribution in [0.2, 0.25) is 0 Å². The van der Waals surface area contributed by atoms with Crippen molar-refractivity contribution in [3.8, 4) is 10.4 Å². The number of aliphatic hydroxyl groups excluding tert-OH is 2. The van der Waals surface area contributed by atoms with Gasteiger partial charge in [0, 0.05) is 53.3 Å². The molecule has 0 spiro atoms. The second-order valence-corrected chi connectivity index (χ2v) is 7.91. The number of benzene rings is 2. The van der Waals surface area contributed by atoms with E-state index in [-0.39, 0.29) is 31.0 Å². The molecule has 1 saturated heterocycles. The average molecular weight is 367 g/mol. The number of hydrogen-bond donors (Lipinski definition) is 2. The van der Waals surface area contributed by atoms with Gasteiger partial charge in [0.05, 0.1) is 0 Å². The second kappa shape index (κ2) is 7.19. The van der Waals surface area contributed by atoms with Crippen LogP contribution >= 0.6 is 11.3 Å². The Hall–Kier alpha value is -2.21. The van der Waals surface area contributed by atoms with Gasteiger partial charge in [-0.1, -0.05) is 30.3 Å². The largest absolute Gasteiger partial charge is 0.396 e. The van der Waals surface area contributed by atoms with E-state index in [2.05, 4.69) is 18.2 Å². The lowest BCUT2D eigenvalue weighted by Gasteiger charge is -2.16. The molecule has 0 saturated carbocycles. The molecule has 26 heavy (non-hydrogen) atoms. The van der Waals surface area contributed by atoms with Crippen LogP contribution in [0.25, 0.3) is 20.5 Å². The van der Waals surface area contributed by atoms with E-state index in [1.54, 1.807) is 16.2 Å². The van der Waals surface area contributed by atoms with E-state index in [4.69, 9.17) is 0 Å². The number of carbonyl (C=O) groups excluding carboxylic acids is 1. The van der Waals surface area contributed by atoms with Crippen molar-refractivity contribution in [2.24, 2.45) is 11.8 Å². The van der Waals surface area contributed by atoms with Crippen LogP contribution in [-0.4, -0.2) is 47.3 Å². The van der Waals surface area contributed by atoms with E-state index >= 15 is 0 Å². The zero-order chi connectivity index (χ0) is 18.1. The second-order valence-electron chi connectivity index (χ2n) is 6.82. The Kier molecular flexibility index (Phi) is 4.76. The number of carbonyl (C=O) groups is 1. The summed E-state index contributed by atoms with van der Waals surface area (Å²) in [5, 5.41) is 20.1. The Morgan fingerprint density at radius 1 is 1.00 bits per heavy atom. The van der Waals surface area contributed by atoms with Crippen molar-refractivity contribution < 1.29 is 15.0 Å². The fourth-order valence-electron chi connectivity index (χ4n) is 3.60. The van der Waals surface area contributed by atoms with Gasteiger partial charge in [0.2, 0.25) is 0 Å². The van der Waals surface area contributed by atoms with Gasteiger partial charge in [-0.05, 0) is 35.2 Å². The van der Waals surface area contributed by atoms with Crippen molar-refractivity contribution in [3.05, 3.63) is 60.2 Å². The van der Waals surface area contributed by atoms with Crippen LogP contribution in [0.1, 0.15) is 10.4 Å². The quantitative estimate of drug-likeness (QED) is 0.744. The average Bonchev–Trinajstić information content (AvgIpc) is 3.31. The van der Waals surface area contributed by atoms with Gasteiger partial charge < -0.3 is 15.1 Å². The molecule has 1 fully saturated rings. The van der Waals surface area contributed by atoms with Crippen molar-refractivity contribution in [1.82, 2.24) is 4.90 Å². The number of aliphatic hydroxyl groups is 2. The van der Waals surface area contributed by atoms with E-state index in [1.165, 1.54) is 15.0 Å². The Bertz CT molecular complexity index is 873. The van der Waals surface area contributed by atoms with Crippen molar-refractivity contribution >= 4 is 27.3 Å². The van der Waals surface area contributed by atoms with Crippen LogP contribution in [0.4, 0.5) is 0 Å². The maximum atomic E-state index is 12.7. The van der Waals surface area contributed by atoms with Crippen molar-refractivity contribution in [2.45, 2.75) is 0 Å². The Morgan fingerprint density at radius 2 is 1.65 bits per heavy atom. The molecule has 1 aliphatic heterocycles. The fourth-order valence-corrected chi connectivity index (χ4v) is 4.67. The topological polar surface area (TPSA) is 60.8 Å². The summed E-state index contributed by atoms with van der Waals surface area (Å²) < 4.78 is 1.25. The molecule has 0 bridgehead atoms. The van der Waals surface area contributed by atoms with Gasteiger partial charge in [-0.15, -0.1) is 11.3 Å². The number of thiophene rings is 1. The summed E-state index contributed by atoms with van der Waals surface area (Å²) >= 11 is 1.75. The van der Waals surface area contributed by atoms with Gasteiger partial charge >= 0.3 is 0 Å². The highest BCUT2D eigenvalue weighted by Gasteiger charge is 2.34. The molecule has 134 valence electrons. The molecule has 2 aromatic carbocycles. The molecule has 5 heteroatoms. The predicted octanol–water partition coefficient (Wildman–Crippen LogP) is 3.24. The first-order chi connectivity index (χ1) is 12.7. The van der Waals surface area contributed by atoms with Crippen molar-refractivity contribution in [2.75, 3.05) is 26.3 Å². The number of likely N-dealkylation sites (tertiary alicyclic amines) is 1. The molecule has 4 rings (SSSR count). The molecular formula is C21H21NO3S. The molecular weight excluding hydrogens is 346 g/mol. The molecule has 1 amide bonds. The van der Waals surface area contributed by atoms with Gasteiger partial charge in [-0.25, -0.2) is 0 Å². The predicted molar refractivity (Wildman–Crippen MR) is 104 cm³/mol. The molecule has 4 nitrogen and oxygen atoms in total. The number of amides is 1. The first-order valence-corrected chi connectivity index (χ1v) is 9.61. The van der Waals surface area contributed by atoms with Crippen LogP contribution in [0.3, 0.4) is 0 Å². The van der Waals surface area contributed by atoms with E-state index in [0.29, 0.717) is 18.7 Å². The maximum Gasteiger partial charge on any atom is 0.253 e. The van der Waals surface area contributed by atoms with Gasteiger partial charge in [0.25, 0.3) is 5.91 Å². The molecule has 0 unspecified atom stereocenters. The van der Waals surface area contributed by atoms with Crippen LogP contribution in [-0.2, 0) is 0 Å². The van der Waals surface area contributed by atoms with Gasteiger partial charge in [-0.3, -0.25) is 4.79 Å². The molecule has 0 aliphatic carbocycles. The lowest BCUT2D eigenvalue weighted by molar-refractivity contribution is 0.0778. The molecule has 2 atom stereocenters. The Morgan fingerprint density at radius 3 is 2.27 bits per heavy atom. The van der Waals surface area contributed by atoms with Gasteiger partial charge in [0.1, 0.15) is 0 Å². The standard InChI is InChI=1S/C21H21NO3S/c23-12-17-10-22(11-18(17)13-24)21(25)15-7-5-14(6-8-15)20-9-16-3-1-2-4-19(16)26-20/h1-9,17-18,23-24H,10-13H2/t17-,18-/m0/s1. The van der Waals surface area contributed by atoms with Crippen LogP contribution in [0.5, 0.6) is 0 Å². The highest BCUT2D eigenvalue weighted by atomic mass is 32.1. The monoisotopic (exact) mass is 367 g/mol. The SMILES string of the molecule is O=C(c1ccc(-c2cc3ccccc3s2)cc1)N1C[C@@H](CO)[C@H](CO)C1. The van der Waals surface area contributed by atoms with Crippen molar-refractivity contribution in [3.63, 3.8) is 0 Å². The van der Waals surface area contributed by atoms with E-state index in [9.17, 15) is 15.0 Å². The first kappa shape index (κ1) is 17.2. The third-order valence-electron chi connectivity index (χ3n) is 5.17. The summed E-state index contributed by atoms with van der Waals surface area (Å²) in [4.78, 5) is 15.6. The zero-order valence-electron chi connectivity index (χ0n) is 14.3. The first-order valence-electron chi connectivity index (χ1n) is 8.79. The normalized spacial score (nSPS) is 20.0. The third kappa shape index (κ3) is 3.14. The van der Waals surface area contributed by atoms with Crippen LogP contribution < -0.4 is 0 Å². The molecule has 2 heterocycles. The number of hydrogen-bond acceptors (Lipinski definition) is 4. The zero-order valence-corrected chi connectivity index (χ0v) is 15.2. The molecule has 1 aliphatic rings. The lowest BCUT2D eigenvalue weighted by atomic mass is 9.98. The summed E-state index contributed by atoms with van der Waals surface area (Å²) in [6.07, 6.45) is 0. The number of fused-ring (bicyclic) bond motifs is 1. The summed E-state index contributed by atoms with van der Waals surface area (Å²) in [5.41, 5.74) is 1.75. The summed E-state index contributed by atoms with van der Waals surface area (Å²) in [5.74, 6) is -0.120. The summed E-state index contributed by atoms with van der Waals surface area (Å²) in [6.45, 7) is 0.997. The summed E-state index contributed by atoms with van der Waals surface area (Å²) in [6, 6.07) is 18.2. The molecule has 3 aromatic rings. The maximum absolute atomic E-state index is 12.7. The minimum Gasteiger partial charge on any atom is -0.396 e. The van der Waals surface area contributed by atoms with E-state index < -0.39 is 0 Å². The van der Waals surface area contributed by atoms with Gasteiger partial charge in [0.15, 0.2) is 0 Å². The van der Waals surface area contributed by atoms with E-state index in [1.807, 2.05) is 36.4 Å². The summed E-state index contributed by atoms with van der Waals surface area (Å²) in [7, 11) is 0. The van der Waals surface area contributed by atoms with Crippen molar-refractivity contribution in [1.29, 1.82) is 0 Å². The fraction of sp³-hybridized carbons (Fsp3) is 0.286. The molecule has 2 N–H and O–H groups in total. The minimum absolute atomic E-state index is 0.000117. The highest BCUT2D eigenvalue weighted by Crippen LogP contribution is 2.33. The van der Waals surface area contributed by atoms with E-state index in [0.717, 1.165) is 5.56 Å². The number of rotatable bonds is 4. The number of nitrogens with zero attached hydrogens (tertiary/aromatic N) is 1.